The van der Waals surface area contributed by atoms with Crippen LogP contribution in [0.3, 0.4) is 0 Å². The summed E-state index contributed by atoms with van der Waals surface area (Å²) in [5.41, 5.74) is 0. The third-order valence-electron chi connectivity index (χ3n) is 1.04. The van der Waals surface area contributed by atoms with E-state index in [1.807, 2.05) is 6.92 Å². The zero-order valence-electron chi connectivity index (χ0n) is 7.61. The molecule has 12 heavy (non-hydrogen) atoms. The first-order chi connectivity index (χ1) is 5.52. The summed E-state index contributed by atoms with van der Waals surface area (Å²) in [7, 11) is -3.85. The summed E-state index contributed by atoms with van der Waals surface area (Å²) >= 11 is 0. The first-order valence-electron chi connectivity index (χ1n) is 3.85. The summed E-state index contributed by atoms with van der Waals surface area (Å²) < 4.78 is 20.1. The zero-order chi connectivity index (χ0) is 9.61. The van der Waals surface area contributed by atoms with Crippen LogP contribution < -0.4 is 0 Å². The quantitative estimate of drug-likeness (QED) is 0.539. The minimum atomic E-state index is -3.85. The lowest BCUT2D eigenvalue weighted by Crippen LogP contribution is -1.92. The van der Waals surface area contributed by atoms with Gasteiger partial charge in [0, 0.05) is 0 Å². The van der Waals surface area contributed by atoms with Gasteiger partial charge >= 0.3 is 7.82 Å². The Balaban J connectivity index is 4.05. The first kappa shape index (κ1) is 11.7. The van der Waals surface area contributed by atoms with E-state index in [0.717, 1.165) is 6.42 Å². The van der Waals surface area contributed by atoms with Gasteiger partial charge < -0.3 is 4.52 Å². The molecule has 1 N–H and O–H groups in total. The molecule has 0 aromatic rings. The molecule has 0 bridgehead atoms. The second-order valence-electron chi connectivity index (χ2n) is 2.20. The van der Waals surface area contributed by atoms with Crippen LogP contribution in [-0.4, -0.2) is 11.5 Å². The van der Waals surface area contributed by atoms with Gasteiger partial charge in [-0.2, -0.15) is 0 Å². The molecule has 72 valence electrons. The Morgan fingerprint density at radius 3 is 2.58 bits per heavy atom. The van der Waals surface area contributed by atoms with Crippen molar-refractivity contribution in [3.05, 3.63) is 11.8 Å². The van der Waals surface area contributed by atoms with Crippen LogP contribution in [0.5, 0.6) is 0 Å². The van der Waals surface area contributed by atoms with Crippen molar-refractivity contribution in [1.82, 2.24) is 0 Å². The second-order valence-corrected chi connectivity index (χ2v) is 3.58. The highest BCUT2D eigenvalue weighted by Gasteiger charge is 2.20. The minimum Gasteiger partial charge on any atom is -0.409 e. The third-order valence-corrected chi connectivity index (χ3v) is 2.15. The zero-order valence-corrected chi connectivity index (χ0v) is 8.51. The maximum absolute atomic E-state index is 11.0. The number of rotatable bonds is 5. The molecule has 0 amide bonds. The Bertz CT molecular complexity index is 200. The van der Waals surface area contributed by atoms with Crippen molar-refractivity contribution in [2.75, 3.05) is 6.61 Å². The Kier molecular flexibility index (Phi) is 5.22. The molecule has 0 aromatic heterocycles. The van der Waals surface area contributed by atoms with E-state index in [2.05, 4.69) is 9.05 Å². The van der Waals surface area contributed by atoms with Crippen LogP contribution in [0.2, 0.25) is 0 Å². The lowest BCUT2D eigenvalue weighted by Gasteiger charge is -2.11. The van der Waals surface area contributed by atoms with Gasteiger partial charge in [-0.05, 0) is 26.3 Å². The molecule has 0 spiro atoms. The lowest BCUT2D eigenvalue weighted by molar-refractivity contribution is 0.186. The predicted molar refractivity (Wildman–Crippen MR) is 46.6 cm³/mol. The van der Waals surface area contributed by atoms with E-state index in [1.165, 1.54) is 0 Å². The molecule has 5 heteroatoms. The van der Waals surface area contributed by atoms with E-state index in [0.29, 0.717) is 5.76 Å². The standard InChI is InChI=1S/C7H15O4P/c1-4-6-7(3)11-12(8,9)10-5-2/h6H,4-5H2,1-3H3,(H,8,9). The summed E-state index contributed by atoms with van der Waals surface area (Å²) in [6.07, 6.45) is 2.47. The molecule has 0 aliphatic carbocycles. The van der Waals surface area contributed by atoms with Gasteiger partial charge in [-0.3, -0.25) is 9.42 Å². The van der Waals surface area contributed by atoms with Gasteiger partial charge in [0.05, 0.1) is 6.61 Å². The van der Waals surface area contributed by atoms with Gasteiger partial charge in [0.2, 0.25) is 0 Å². The van der Waals surface area contributed by atoms with Crippen LogP contribution in [0.4, 0.5) is 0 Å². The van der Waals surface area contributed by atoms with Crippen molar-refractivity contribution in [1.29, 1.82) is 0 Å². The normalized spacial score (nSPS) is 17.2. The SMILES string of the molecule is CCC=C(C)OP(=O)(O)OCC. The second kappa shape index (κ2) is 5.36. The molecule has 4 nitrogen and oxygen atoms in total. The van der Waals surface area contributed by atoms with E-state index in [1.54, 1.807) is 19.9 Å². The molecule has 0 aliphatic rings. The fourth-order valence-electron chi connectivity index (χ4n) is 0.696. The molecule has 0 saturated heterocycles. The third kappa shape index (κ3) is 5.35. The van der Waals surface area contributed by atoms with Gasteiger partial charge in [0.25, 0.3) is 0 Å². The fourth-order valence-corrected chi connectivity index (χ4v) is 1.51. The van der Waals surface area contributed by atoms with Crippen LogP contribution in [0.1, 0.15) is 27.2 Å². The Labute approximate surface area is 72.8 Å². The van der Waals surface area contributed by atoms with E-state index in [-0.39, 0.29) is 6.61 Å². The van der Waals surface area contributed by atoms with Crippen molar-refractivity contribution < 1.29 is 18.5 Å². The molecule has 1 unspecified atom stereocenters. The topological polar surface area (TPSA) is 55.8 Å². The first-order valence-corrected chi connectivity index (χ1v) is 5.35. The summed E-state index contributed by atoms with van der Waals surface area (Å²) in [5, 5.41) is 0. The smallest absolute Gasteiger partial charge is 0.409 e. The highest BCUT2D eigenvalue weighted by molar-refractivity contribution is 7.47. The molecule has 0 heterocycles. The molecule has 0 aliphatic heterocycles. The number of hydrogen-bond acceptors (Lipinski definition) is 3. The van der Waals surface area contributed by atoms with Crippen molar-refractivity contribution in [2.24, 2.45) is 0 Å². The lowest BCUT2D eigenvalue weighted by atomic mass is 10.4. The molecular formula is C7H15O4P. The molecular weight excluding hydrogens is 179 g/mol. The monoisotopic (exact) mass is 194 g/mol. The summed E-state index contributed by atoms with van der Waals surface area (Å²) in [4.78, 5) is 8.98. The summed E-state index contributed by atoms with van der Waals surface area (Å²) in [6, 6.07) is 0. The molecule has 0 fully saturated rings. The number of phosphoric acid groups is 1. The number of hydrogen-bond donors (Lipinski definition) is 1. The van der Waals surface area contributed by atoms with Crippen LogP contribution in [0.25, 0.3) is 0 Å². The van der Waals surface area contributed by atoms with Gasteiger partial charge in [-0.1, -0.05) is 6.92 Å². The van der Waals surface area contributed by atoms with E-state index >= 15 is 0 Å². The summed E-state index contributed by atoms with van der Waals surface area (Å²) in [6.45, 7) is 5.32. The highest BCUT2D eigenvalue weighted by atomic mass is 31.2. The summed E-state index contributed by atoms with van der Waals surface area (Å²) in [5.74, 6) is 0.414. The van der Waals surface area contributed by atoms with Gasteiger partial charge in [-0.25, -0.2) is 4.57 Å². The highest BCUT2D eigenvalue weighted by Crippen LogP contribution is 2.45. The van der Waals surface area contributed by atoms with Crippen molar-refractivity contribution in [3.8, 4) is 0 Å². The Morgan fingerprint density at radius 2 is 2.17 bits per heavy atom. The molecule has 0 radical (unpaired) electrons. The maximum Gasteiger partial charge on any atom is 0.527 e. The molecule has 1 atom stereocenters. The van der Waals surface area contributed by atoms with E-state index in [4.69, 9.17) is 4.89 Å². The molecule has 0 aromatic carbocycles. The molecule has 0 saturated carbocycles. The van der Waals surface area contributed by atoms with Crippen molar-refractivity contribution in [3.63, 3.8) is 0 Å². The van der Waals surface area contributed by atoms with Crippen LogP contribution >= 0.6 is 7.82 Å². The predicted octanol–water partition coefficient (Wildman–Crippen LogP) is 2.45. The number of allylic oxidation sites excluding steroid dienone is 2. The van der Waals surface area contributed by atoms with Crippen molar-refractivity contribution in [2.45, 2.75) is 27.2 Å². The Morgan fingerprint density at radius 1 is 1.58 bits per heavy atom. The Hall–Kier alpha value is -0.310. The molecule has 0 rings (SSSR count). The van der Waals surface area contributed by atoms with Crippen molar-refractivity contribution >= 4 is 7.82 Å². The number of phosphoric ester groups is 1. The minimum absolute atomic E-state index is 0.160. The van der Waals surface area contributed by atoms with Gasteiger partial charge in [0.15, 0.2) is 0 Å². The van der Waals surface area contributed by atoms with E-state index < -0.39 is 7.82 Å². The average Bonchev–Trinajstić information content (AvgIpc) is 1.85. The van der Waals surface area contributed by atoms with Crippen LogP contribution in [-0.2, 0) is 13.6 Å². The maximum atomic E-state index is 11.0. The van der Waals surface area contributed by atoms with Crippen LogP contribution in [0.15, 0.2) is 11.8 Å². The average molecular weight is 194 g/mol. The van der Waals surface area contributed by atoms with E-state index in [9.17, 15) is 4.57 Å². The fraction of sp³-hybridized carbons (Fsp3) is 0.714. The van der Waals surface area contributed by atoms with Gasteiger partial charge in [0.1, 0.15) is 5.76 Å². The van der Waals surface area contributed by atoms with Crippen LogP contribution in [0, 0.1) is 0 Å². The van der Waals surface area contributed by atoms with Gasteiger partial charge in [-0.15, -0.1) is 0 Å². The largest absolute Gasteiger partial charge is 0.527 e.